The average molecular weight is 507 g/mol. The van der Waals surface area contributed by atoms with Crippen molar-refractivity contribution in [3.63, 3.8) is 0 Å². The Balaban J connectivity index is 2.88. The summed E-state index contributed by atoms with van der Waals surface area (Å²) in [6.07, 6.45) is 21.7. The molecule has 0 fully saturated rings. The molecule has 5 nitrogen and oxygen atoms in total. The molecule has 0 saturated heterocycles. The lowest BCUT2D eigenvalue weighted by molar-refractivity contribution is 0.142. The van der Waals surface area contributed by atoms with Gasteiger partial charge >= 0.3 is 6.16 Å². The van der Waals surface area contributed by atoms with Gasteiger partial charge in [0.1, 0.15) is 5.75 Å². The van der Waals surface area contributed by atoms with Crippen LogP contribution < -0.4 is 9.47 Å². The molecule has 0 aromatic heterocycles. The molecule has 0 saturated carbocycles. The molecule has 1 aromatic carbocycles. The van der Waals surface area contributed by atoms with Crippen molar-refractivity contribution < 1.29 is 24.5 Å². The standard InChI is InChI=1S/C31H54O5/c1-4-7-10-12-14-16-18-20-22-26-27(23-21-19-17-15-13-11-8-5-2)30(32)29(36-31(33)34)25-28(26)35-24-9-6-3/h25,32H,4-24H2,1-3H3,(H,33,34). The highest BCUT2D eigenvalue weighted by Gasteiger charge is 2.21. The lowest BCUT2D eigenvalue weighted by Gasteiger charge is -2.19. The summed E-state index contributed by atoms with van der Waals surface area (Å²) < 4.78 is 11.1. The van der Waals surface area contributed by atoms with Gasteiger partial charge in [0.25, 0.3) is 0 Å². The molecule has 0 bridgehead atoms. The highest BCUT2D eigenvalue weighted by molar-refractivity contribution is 5.66. The second-order valence-corrected chi connectivity index (χ2v) is 10.2. The van der Waals surface area contributed by atoms with Crippen LogP contribution >= 0.6 is 0 Å². The molecule has 0 atom stereocenters. The maximum Gasteiger partial charge on any atom is 0.511 e. The van der Waals surface area contributed by atoms with E-state index in [4.69, 9.17) is 9.47 Å². The third kappa shape index (κ3) is 14.0. The zero-order chi connectivity index (χ0) is 26.4. The second-order valence-electron chi connectivity index (χ2n) is 10.2. The molecule has 5 heteroatoms. The summed E-state index contributed by atoms with van der Waals surface area (Å²) >= 11 is 0. The summed E-state index contributed by atoms with van der Waals surface area (Å²) in [4.78, 5) is 11.3. The predicted molar refractivity (Wildman–Crippen MR) is 150 cm³/mol. The minimum Gasteiger partial charge on any atom is -0.504 e. The number of benzene rings is 1. The number of hydrogen-bond donors (Lipinski definition) is 2. The van der Waals surface area contributed by atoms with Crippen LogP contribution in [-0.2, 0) is 12.8 Å². The zero-order valence-electron chi connectivity index (χ0n) is 23.5. The van der Waals surface area contributed by atoms with E-state index >= 15 is 0 Å². The lowest BCUT2D eigenvalue weighted by atomic mass is 9.94. The summed E-state index contributed by atoms with van der Waals surface area (Å²) in [6.45, 7) is 7.18. The van der Waals surface area contributed by atoms with E-state index in [2.05, 4.69) is 20.8 Å². The van der Waals surface area contributed by atoms with Crippen LogP contribution in [0.25, 0.3) is 0 Å². The number of unbranched alkanes of at least 4 members (excludes halogenated alkanes) is 15. The van der Waals surface area contributed by atoms with Gasteiger partial charge in [-0.2, -0.15) is 0 Å². The molecule has 1 rings (SSSR count). The Labute approximate surface area is 221 Å². The van der Waals surface area contributed by atoms with Gasteiger partial charge in [-0.15, -0.1) is 0 Å². The van der Waals surface area contributed by atoms with Crippen molar-refractivity contribution in [2.75, 3.05) is 6.61 Å². The van der Waals surface area contributed by atoms with Crippen molar-refractivity contribution in [2.24, 2.45) is 0 Å². The first-order valence-corrected chi connectivity index (χ1v) is 15.0. The summed E-state index contributed by atoms with van der Waals surface area (Å²) in [5, 5.41) is 20.2. The fourth-order valence-corrected chi connectivity index (χ4v) is 4.76. The Morgan fingerprint density at radius 2 is 1.08 bits per heavy atom. The van der Waals surface area contributed by atoms with Crippen LogP contribution in [-0.4, -0.2) is 23.0 Å². The summed E-state index contributed by atoms with van der Waals surface area (Å²) in [6, 6.07) is 1.58. The Hall–Kier alpha value is -1.91. The quantitative estimate of drug-likeness (QED) is 0.0877. The van der Waals surface area contributed by atoms with Crippen molar-refractivity contribution in [3.8, 4) is 17.2 Å². The topological polar surface area (TPSA) is 76.0 Å². The molecule has 0 aliphatic heterocycles. The van der Waals surface area contributed by atoms with Crippen molar-refractivity contribution in [2.45, 2.75) is 149 Å². The van der Waals surface area contributed by atoms with E-state index in [9.17, 15) is 15.0 Å². The number of ether oxygens (including phenoxy) is 2. The van der Waals surface area contributed by atoms with E-state index in [0.717, 1.165) is 56.1 Å². The Morgan fingerprint density at radius 3 is 1.56 bits per heavy atom. The molecule has 1 aromatic rings. The Kier molecular flexibility index (Phi) is 18.9. The molecule has 0 radical (unpaired) electrons. The second kappa shape index (κ2) is 21.2. The van der Waals surface area contributed by atoms with E-state index in [0.29, 0.717) is 18.8 Å². The van der Waals surface area contributed by atoms with Crippen LogP contribution in [0, 0.1) is 0 Å². The molecular formula is C31H54O5. The number of phenolic OH excluding ortho intramolecular Hbond substituents is 1. The molecule has 0 unspecified atom stereocenters. The molecule has 0 spiro atoms. The third-order valence-electron chi connectivity index (χ3n) is 6.96. The van der Waals surface area contributed by atoms with Crippen molar-refractivity contribution >= 4 is 6.16 Å². The average Bonchev–Trinajstić information content (AvgIpc) is 2.85. The minimum atomic E-state index is -1.42. The first-order valence-electron chi connectivity index (χ1n) is 15.0. The van der Waals surface area contributed by atoms with Gasteiger partial charge in [0, 0.05) is 17.2 Å². The molecule has 0 amide bonds. The highest BCUT2D eigenvalue weighted by Crippen LogP contribution is 2.41. The molecule has 0 aliphatic rings. The van der Waals surface area contributed by atoms with E-state index in [1.807, 2.05) is 0 Å². The van der Waals surface area contributed by atoms with Crippen LogP contribution in [0.1, 0.15) is 147 Å². The largest absolute Gasteiger partial charge is 0.511 e. The Morgan fingerprint density at radius 1 is 0.639 bits per heavy atom. The van der Waals surface area contributed by atoms with Crippen LogP contribution in [0.2, 0.25) is 0 Å². The normalized spacial score (nSPS) is 11.1. The zero-order valence-corrected chi connectivity index (χ0v) is 23.5. The van der Waals surface area contributed by atoms with Gasteiger partial charge in [-0.1, -0.05) is 117 Å². The van der Waals surface area contributed by atoms with Gasteiger partial charge in [-0.05, 0) is 32.1 Å². The van der Waals surface area contributed by atoms with E-state index in [1.165, 1.54) is 77.0 Å². The van der Waals surface area contributed by atoms with Gasteiger partial charge in [-0.25, -0.2) is 4.79 Å². The number of aromatic hydroxyl groups is 1. The SMILES string of the molecule is CCCCCCCCCCc1c(OCCCC)cc(OC(=O)O)c(O)c1CCCCCCCCCC. The Bertz CT molecular complexity index is 701. The van der Waals surface area contributed by atoms with E-state index in [1.54, 1.807) is 6.07 Å². The van der Waals surface area contributed by atoms with E-state index in [-0.39, 0.29) is 11.5 Å². The summed E-state index contributed by atoms with van der Waals surface area (Å²) in [5.41, 5.74) is 1.85. The lowest BCUT2D eigenvalue weighted by Crippen LogP contribution is -2.08. The van der Waals surface area contributed by atoms with Crippen molar-refractivity contribution in [1.29, 1.82) is 0 Å². The smallest absolute Gasteiger partial charge is 0.504 e. The monoisotopic (exact) mass is 506 g/mol. The predicted octanol–water partition coefficient (Wildman–Crippen LogP) is 9.99. The van der Waals surface area contributed by atoms with Gasteiger partial charge in [0.2, 0.25) is 0 Å². The first-order chi connectivity index (χ1) is 17.5. The molecular weight excluding hydrogens is 452 g/mol. The molecule has 208 valence electrons. The van der Waals surface area contributed by atoms with Gasteiger partial charge < -0.3 is 19.7 Å². The number of carbonyl (C=O) groups is 1. The fraction of sp³-hybridized carbons (Fsp3) is 0.774. The minimum absolute atomic E-state index is 0.0109. The van der Waals surface area contributed by atoms with Crippen molar-refractivity contribution in [1.82, 2.24) is 0 Å². The number of phenols is 1. The van der Waals surface area contributed by atoms with Crippen LogP contribution in [0.4, 0.5) is 4.79 Å². The molecule has 0 aliphatic carbocycles. The maximum atomic E-state index is 11.3. The molecule has 2 N–H and O–H groups in total. The number of carboxylic acid groups (broad SMARTS) is 1. The van der Waals surface area contributed by atoms with Crippen LogP contribution in [0.5, 0.6) is 17.2 Å². The van der Waals surface area contributed by atoms with Gasteiger partial charge in [0.15, 0.2) is 11.5 Å². The highest BCUT2D eigenvalue weighted by atomic mass is 16.7. The third-order valence-corrected chi connectivity index (χ3v) is 6.96. The van der Waals surface area contributed by atoms with Crippen molar-refractivity contribution in [3.05, 3.63) is 17.2 Å². The molecule has 0 heterocycles. The number of hydrogen-bond acceptors (Lipinski definition) is 4. The fourth-order valence-electron chi connectivity index (χ4n) is 4.76. The van der Waals surface area contributed by atoms with Gasteiger partial charge in [-0.3, -0.25) is 0 Å². The summed E-state index contributed by atoms with van der Waals surface area (Å²) in [7, 11) is 0. The first kappa shape index (κ1) is 32.1. The van der Waals surface area contributed by atoms with Crippen LogP contribution in [0.3, 0.4) is 0 Å². The maximum absolute atomic E-state index is 11.3. The number of rotatable bonds is 23. The summed E-state index contributed by atoms with van der Waals surface area (Å²) in [5.74, 6) is 0.635. The molecule has 36 heavy (non-hydrogen) atoms. The van der Waals surface area contributed by atoms with E-state index < -0.39 is 6.16 Å². The van der Waals surface area contributed by atoms with Crippen LogP contribution in [0.15, 0.2) is 6.07 Å². The van der Waals surface area contributed by atoms with Gasteiger partial charge in [0.05, 0.1) is 6.61 Å².